The number of aryl methyl sites for hydroxylation is 1. The van der Waals surface area contributed by atoms with E-state index in [9.17, 15) is 9.59 Å². The van der Waals surface area contributed by atoms with Crippen LogP contribution in [0.2, 0.25) is 0 Å². The fourth-order valence-electron chi connectivity index (χ4n) is 9.14. The van der Waals surface area contributed by atoms with Crippen molar-refractivity contribution in [1.29, 1.82) is 0 Å². The molecule has 2 amide bonds. The van der Waals surface area contributed by atoms with E-state index >= 15 is 0 Å². The van der Waals surface area contributed by atoms with Crippen LogP contribution in [0.15, 0.2) is 77.7 Å². The molecule has 5 fully saturated rings. The molecular formula is C37H36N2O2S. The van der Waals surface area contributed by atoms with Gasteiger partial charge in [-0.1, -0.05) is 54.6 Å². The van der Waals surface area contributed by atoms with Crippen molar-refractivity contribution >= 4 is 39.8 Å². The number of benzene rings is 3. The standard InChI is InChI=1S/C37H36N2O2S/c1-23-14-30(18-34-35(40)38(36(41)42-34)22-29-8-5-7-28-6-3-4-9-33(28)29)24(2)39(23)32-12-10-31(11-13-32)37-19-25-15-26(20-37)17-27(16-25)21-37/h3-14,18,25-27H,15-17,19-22H2,1-2H3/b34-18+. The normalized spacial score (nSPS) is 27.6. The quantitative estimate of drug-likeness (QED) is 0.224. The Bertz CT molecular complexity index is 1740. The zero-order valence-corrected chi connectivity index (χ0v) is 25.1. The molecule has 0 radical (unpaired) electrons. The van der Waals surface area contributed by atoms with Gasteiger partial charge in [-0.3, -0.25) is 14.5 Å². The molecule has 3 aromatic carbocycles. The Balaban J connectivity index is 1.05. The molecule has 9 rings (SSSR count). The van der Waals surface area contributed by atoms with E-state index in [2.05, 4.69) is 60.9 Å². The van der Waals surface area contributed by atoms with E-state index in [0.29, 0.717) is 10.3 Å². The Kier molecular flexibility index (Phi) is 6.05. The lowest BCUT2D eigenvalue weighted by atomic mass is 9.48. The second-order valence-electron chi connectivity index (χ2n) is 13.3. The summed E-state index contributed by atoms with van der Waals surface area (Å²) in [5.41, 5.74) is 7.25. The fraction of sp³-hybridized carbons (Fsp3) is 0.351. The van der Waals surface area contributed by atoms with Gasteiger partial charge in [-0.2, -0.15) is 0 Å². The minimum atomic E-state index is -0.220. The largest absolute Gasteiger partial charge is 0.318 e. The SMILES string of the molecule is Cc1cc(/C=C2/SC(=O)N(Cc3cccc4ccccc34)C2=O)c(C)n1-c1ccc(C23CC4CC(CC(C4)C2)C3)cc1. The molecule has 1 aromatic heterocycles. The average molecular weight is 573 g/mol. The van der Waals surface area contributed by atoms with Crippen LogP contribution in [0.1, 0.15) is 66.6 Å². The highest BCUT2D eigenvalue weighted by Crippen LogP contribution is 2.60. The molecule has 4 bridgehead atoms. The molecule has 1 saturated heterocycles. The number of hydrogen-bond donors (Lipinski definition) is 0. The number of carbonyl (C=O) groups excluding carboxylic acids is 2. The predicted molar refractivity (Wildman–Crippen MR) is 171 cm³/mol. The van der Waals surface area contributed by atoms with Crippen LogP contribution in [0, 0.1) is 31.6 Å². The lowest BCUT2D eigenvalue weighted by molar-refractivity contribution is -0.123. The third kappa shape index (κ3) is 4.19. The molecule has 0 N–H and O–H groups in total. The van der Waals surface area contributed by atoms with Gasteiger partial charge in [-0.25, -0.2) is 0 Å². The summed E-state index contributed by atoms with van der Waals surface area (Å²) in [5, 5.41) is 1.96. The van der Waals surface area contributed by atoms with Crippen LogP contribution >= 0.6 is 11.8 Å². The highest BCUT2D eigenvalue weighted by molar-refractivity contribution is 8.18. The summed E-state index contributed by atoms with van der Waals surface area (Å²) in [6.07, 6.45) is 10.4. The van der Waals surface area contributed by atoms with Crippen molar-refractivity contribution in [3.8, 4) is 5.69 Å². The third-order valence-electron chi connectivity index (χ3n) is 10.6. The Labute approximate surface area is 251 Å². The summed E-state index contributed by atoms with van der Waals surface area (Å²) in [4.78, 5) is 28.3. The van der Waals surface area contributed by atoms with Crippen LogP contribution in [-0.4, -0.2) is 20.6 Å². The van der Waals surface area contributed by atoms with Crippen molar-refractivity contribution in [3.63, 3.8) is 0 Å². The number of nitrogens with zero attached hydrogens (tertiary/aromatic N) is 2. The number of rotatable bonds is 5. The zero-order chi connectivity index (χ0) is 28.6. The van der Waals surface area contributed by atoms with E-state index in [0.717, 1.165) is 68.5 Å². The van der Waals surface area contributed by atoms with Crippen molar-refractivity contribution in [2.75, 3.05) is 0 Å². The molecule has 0 atom stereocenters. The number of carbonyl (C=O) groups is 2. The van der Waals surface area contributed by atoms with Crippen LogP contribution in [0.25, 0.3) is 22.5 Å². The van der Waals surface area contributed by atoms with E-state index in [-0.39, 0.29) is 17.7 Å². The van der Waals surface area contributed by atoms with Crippen molar-refractivity contribution in [2.45, 2.75) is 64.3 Å². The molecule has 4 saturated carbocycles. The highest BCUT2D eigenvalue weighted by Gasteiger charge is 2.51. The maximum Gasteiger partial charge on any atom is 0.293 e. The summed E-state index contributed by atoms with van der Waals surface area (Å²) in [5.74, 6) is 2.59. The van der Waals surface area contributed by atoms with Crippen molar-refractivity contribution < 1.29 is 9.59 Å². The third-order valence-corrected chi connectivity index (χ3v) is 11.5. The van der Waals surface area contributed by atoms with Gasteiger partial charge in [-0.15, -0.1) is 0 Å². The summed E-state index contributed by atoms with van der Waals surface area (Å²) in [6, 6.07) is 25.6. The van der Waals surface area contributed by atoms with Gasteiger partial charge in [0.15, 0.2) is 0 Å². The van der Waals surface area contributed by atoms with Gasteiger partial charge in [0.2, 0.25) is 0 Å². The number of fused-ring (bicyclic) bond motifs is 1. The van der Waals surface area contributed by atoms with Gasteiger partial charge in [0.05, 0.1) is 11.4 Å². The molecule has 4 aromatic rings. The predicted octanol–water partition coefficient (Wildman–Crippen LogP) is 8.95. The van der Waals surface area contributed by atoms with Crippen LogP contribution in [0.3, 0.4) is 0 Å². The summed E-state index contributed by atoms with van der Waals surface area (Å²) >= 11 is 1.04. The van der Waals surface area contributed by atoms with E-state index in [1.807, 2.05) is 36.4 Å². The molecule has 42 heavy (non-hydrogen) atoms. The zero-order valence-electron chi connectivity index (χ0n) is 24.3. The first kappa shape index (κ1) is 26.1. The van der Waals surface area contributed by atoms with Crippen molar-refractivity contribution in [3.05, 3.63) is 106 Å². The molecule has 4 nitrogen and oxygen atoms in total. The topological polar surface area (TPSA) is 42.3 Å². The number of imide groups is 1. The van der Waals surface area contributed by atoms with Gasteiger partial charge < -0.3 is 4.57 Å². The van der Waals surface area contributed by atoms with Gasteiger partial charge in [-0.05, 0) is 139 Å². The maximum absolute atomic E-state index is 13.4. The number of hydrogen-bond acceptors (Lipinski definition) is 3. The Morgan fingerprint density at radius 1 is 0.857 bits per heavy atom. The van der Waals surface area contributed by atoms with E-state index in [1.165, 1.54) is 49.0 Å². The minimum Gasteiger partial charge on any atom is -0.318 e. The fourth-order valence-corrected chi connectivity index (χ4v) is 9.97. The van der Waals surface area contributed by atoms with Gasteiger partial charge in [0.25, 0.3) is 11.1 Å². The summed E-state index contributed by atoms with van der Waals surface area (Å²) in [6.45, 7) is 4.49. The first-order valence-electron chi connectivity index (χ1n) is 15.4. The lowest BCUT2D eigenvalue weighted by Gasteiger charge is -2.57. The van der Waals surface area contributed by atoms with Crippen molar-refractivity contribution in [2.24, 2.45) is 17.8 Å². The van der Waals surface area contributed by atoms with E-state index < -0.39 is 0 Å². The highest BCUT2D eigenvalue weighted by atomic mass is 32.2. The average Bonchev–Trinajstić information content (AvgIpc) is 3.40. The molecule has 212 valence electrons. The Morgan fingerprint density at radius 2 is 1.52 bits per heavy atom. The number of amides is 2. The molecule has 1 aliphatic heterocycles. The lowest BCUT2D eigenvalue weighted by Crippen LogP contribution is -2.48. The van der Waals surface area contributed by atoms with Crippen LogP contribution in [0.4, 0.5) is 4.79 Å². The van der Waals surface area contributed by atoms with Gasteiger partial charge >= 0.3 is 0 Å². The van der Waals surface area contributed by atoms with Crippen molar-refractivity contribution in [1.82, 2.24) is 9.47 Å². The second kappa shape index (κ2) is 9.74. The number of thioether (sulfide) groups is 1. The molecule has 5 heteroatoms. The Morgan fingerprint density at radius 3 is 2.24 bits per heavy atom. The first-order chi connectivity index (χ1) is 20.4. The molecule has 0 spiro atoms. The monoisotopic (exact) mass is 572 g/mol. The van der Waals surface area contributed by atoms with Gasteiger partial charge in [0, 0.05) is 17.1 Å². The van der Waals surface area contributed by atoms with Crippen LogP contribution in [0.5, 0.6) is 0 Å². The molecular weight excluding hydrogens is 536 g/mol. The summed E-state index contributed by atoms with van der Waals surface area (Å²) in [7, 11) is 0. The summed E-state index contributed by atoms with van der Waals surface area (Å²) < 4.78 is 2.27. The van der Waals surface area contributed by atoms with E-state index in [4.69, 9.17) is 0 Å². The van der Waals surface area contributed by atoms with Crippen LogP contribution < -0.4 is 0 Å². The minimum absolute atomic E-state index is 0.215. The molecule has 0 unspecified atom stereocenters. The van der Waals surface area contributed by atoms with E-state index in [1.54, 1.807) is 0 Å². The molecule has 5 aliphatic rings. The first-order valence-corrected chi connectivity index (χ1v) is 16.2. The maximum atomic E-state index is 13.4. The molecule has 4 aliphatic carbocycles. The molecule has 2 heterocycles. The second-order valence-corrected chi connectivity index (χ2v) is 14.3. The van der Waals surface area contributed by atoms with Crippen LogP contribution in [-0.2, 0) is 16.8 Å². The Hall–Kier alpha value is -3.57. The smallest absolute Gasteiger partial charge is 0.293 e. The van der Waals surface area contributed by atoms with Gasteiger partial charge in [0.1, 0.15) is 0 Å². The number of aromatic nitrogens is 1.